The summed E-state index contributed by atoms with van der Waals surface area (Å²) < 4.78 is 28.1. The first-order chi connectivity index (χ1) is 13.0. The van der Waals surface area contributed by atoms with Crippen molar-refractivity contribution in [3.05, 3.63) is 53.0 Å². The molecule has 7 nitrogen and oxygen atoms in total. The molecule has 0 atom stereocenters. The van der Waals surface area contributed by atoms with Crippen molar-refractivity contribution in [2.45, 2.75) is 30.8 Å². The van der Waals surface area contributed by atoms with Gasteiger partial charge in [-0.1, -0.05) is 12.1 Å². The number of pyridine rings is 1. The predicted molar refractivity (Wildman–Crippen MR) is 100 cm³/mol. The summed E-state index contributed by atoms with van der Waals surface area (Å²) in [6, 6.07) is 8.06. The van der Waals surface area contributed by atoms with Gasteiger partial charge in [-0.2, -0.15) is 0 Å². The summed E-state index contributed by atoms with van der Waals surface area (Å²) in [5, 5.41) is 6.01. The minimum Gasteiger partial charge on any atom is -0.481 e. The number of halogens is 1. The maximum absolute atomic E-state index is 11.4. The van der Waals surface area contributed by atoms with E-state index in [0.29, 0.717) is 18.1 Å². The topological polar surface area (TPSA) is 97.8 Å². The van der Waals surface area contributed by atoms with Gasteiger partial charge in [0.25, 0.3) is 14.2 Å². The van der Waals surface area contributed by atoms with Crippen LogP contribution in [0, 0.1) is 0 Å². The number of aromatic nitrogens is 4. The number of H-pyrrole nitrogens is 1. The van der Waals surface area contributed by atoms with Gasteiger partial charge in [-0.15, -0.1) is 5.10 Å². The highest BCUT2D eigenvalue weighted by Crippen LogP contribution is 2.35. The molecule has 3 aromatic rings. The Morgan fingerprint density at radius 3 is 2.85 bits per heavy atom. The Morgan fingerprint density at radius 2 is 2.11 bits per heavy atom. The predicted octanol–water partition coefficient (Wildman–Crippen LogP) is 2.88. The van der Waals surface area contributed by atoms with Crippen molar-refractivity contribution < 1.29 is 13.2 Å². The first-order valence-electron chi connectivity index (χ1n) is 8.45. The molecular formula is C18H17ClN4O3S. The van der Waals surface area contributed by atoms with E-state index in [2.05, 4.69) is 32.3 Å². The molecule has 0 amide bonds. The van der Waals surface area contributed by atoms with Gasteiger partial charge >= 0.3 is 0 Å². The van der Waals surface area contributed by atoms with E-state index in [1.165, 1.54) is 11.1 Å². The zero-order chi connectivity index (χ0) is 19.0. The van der Waals surface area contributed by atoms with Crippen LogP contribution < -0.4 is 4.74 Å². The van der Waals surface area contributed by atoms with E-state index in [-0.39, 0.29) is 0 Å². The first kappa shape index (κ1) is 17.9. The Kier molecular flexibility index (Phi) is 4.61. The van der Waals surface area contributed by atoms with Crippen LogP contribution in [0.2, 0.25) is 0 Å². The van der Waals surface area contributed by atoms with Gasteiger partial charge in [-0.05, 0) is 53.1 Å². The summed E-state index contributed by atoms with van der Waals surface area (Å²) in [5.41, 5.74) is 5.74. The van der Waals surface area contributed by atoms with Crippen LogP contribution in [-0.2, 0) is 28.3 Å². The van der Waals surface area contributed by atoms with Gasteiger partial charge < -0.3 is 4.74 Å². The maximum atomic E-state index is 11.4. The summed E-state index contributed by atoms with van der Waals surface area (Å²) in [4.78, 5) is 8.21. The van der Waals surface area contributed by atoms with Gasteiger partial charge in [0.15, 0.2) is 0 Å². The lowest BCUT2D eigenvalue weighted by atomic mass is 9.91. The molecule has 0 radical (unpaired) electrons. The third-order valence-corrected chi connectivity index (χ3v) is 5.76. The first-order valence-corrected chi connectivity index (χ1v) is 10.8. The molecule has 0 fully saturated rings. The number of methoxy groups -OCH3 is 1. The molecule has 0 spiro atoms. The number of benzene rings is 1. The number of nitrogens with zero attached hydrogens (tertiary/aromatic N) is 3. The lowest BCUT2D eigenvalue weighted by Gasteiger charge is -2.14. The van der Waals surface area contributed by atoms with Crippen molar-refractivity contribution >= 4 is 19.7 Å². The second-order valence-corrected chi connectivity index (χ2v) is 8.81. The van der Waals surface area contributed by atoms with Gasteiger partial charge in [-0.3, -0.25) is 5.10 Å². The fraction of sp³-hybridized carbons (Fsp3) is 0.278. The van der Waals surface area contributed by atoms with Crippen LogP contribution in [0.15, 0.2) is 35.6 Å². The highest BCUT2D eigenvalue weighted by atomic mass is 35.7. The Balaban J connectivity index is 1.81. The van der Waals surface area contributed by atoms with Crippen LogP contribution in [0.5, 0.6) is 5.88 Å². The fourth-order valence-corrected chi connectivity index (χ4v) is 4.12. The van der Waals surface area contributed by atoms with E-state index >= 15 is 0 Å². The highest BCUT2D eigenvalue weighted by molar-refractivity contribution is 8.13. The normalized spacial score (nSPS) is 13.6. The average molecular weight is 405 g/mol. The number of nitrogens with one attached hydrogen (secondary N) is 1. The minimum atomic E-state index is -3.96. The van der Waals surface area contributed by atoms with Gasteiger partial charge in [0, 0.05) is 29.4 Å². The Hall–Kier alpha value is -2.45. The summed E-state index contributed by atoms with van der Waals surface area (Å²) in [7, 11) is 2.95. The third-order valence-electron chi connectivity index (χ3n) is 4.73. The molecule has 0 saturated carbocycles. The summed E-state index contributed by atoms with van der Waals surface area (Å²) in [5.74, 6) is 0.992. The largest absolute Gasteiger partial charge is 0.481 e. The molecule has 1 aliphatic rings. The third kappa shape index (κ3) is 3.54. The van der Waals surface area contributed by atoms with Gasteiger partial charge in [0.1, 0.15) is 5.82 Å². The second kappa shape index (κ2) is 6.94. The molecule has 0 saturated heterocycles. The molecule has 2 aromatic heterocycles. The fourth-order valence-electron chi connectivity index (χ4n) is 3.54. The number of fused-ring (bicyclic) bond motifs is 1. The molecular weight excluding hydrogens is 388 g/mol. The molecule has 140 valence electrons. The number of hydrogen-bond donors (Lipinski definition) is 1. The Morgan fingerprint density at radius 1 is 1.26 bits per heavy atom. The maximum Gasteiger partial charge on any atom is 0.298 e. The lowest BCUT2D eigenvalue weighted by molar-refractivity contribution is 0.398. The molecule has 9 heteroatoms. The van der Waals surface area contributed by atoms with Crippen LogP contribution in [0.25, 0.3) is 11.1 Å². The van der Waals surface area contributed by atoms with Crippen LogP contribution in [0.4, 0.5) is 0 Å². The number of ether oxygens (including phenoxy) is 1. The van der Waals surface area contributed by atoms with E-state index in [1.54, 1.807) is 13.3 Å². The van der Waals surface area contributed by atoms with Crippen LogP contribution >= 0.6 is 10.7 Å². The molecule has 0 bridgehead atoms. The standard InChI is InChI=1S/C18H17ClN4O3S/c1-26-17-9-12(7-8-20-17)14-6-5-11-3-2-4-13(11)15(14)10-16-21-18(23-22-16)27(19,24)25/h5-9H,2-4,10H2,1H3,(H,21,22,23). The number of aromatic amines is 1. The Bertz CT molecular complexity index is 1110. The molecule has 0 unspecified atom stereocenters. The average Bonchev–Trinajstić information content (AvgIpc) is 3.31. The monoisotopic (exact) mass is 404 g/mol. The zero-order valence-electron chi connectivity index (χ0n) is 14.6. The Labute approximate surface area is 161 Å². The van der Waals surface area contributed by atoms with Crippen molar-refractivity contribution in [2.24, 2.45) is 0 Å². The second-order valence-electron chi connectivity index (χ2n) is 6.35. The number of rotatable bonds is 5. The van der Waals surface area contributed by atoms with Crippen LogP contribution in [0.3, 0.4) is 0 Å². The SMILES string of the molecule is COc1cc(-c2ccc3c(c2Cc2nc(S(=O)(=O)Cl)n[nH]2)CCC3)ccn1. The summed E-state index contributed by atoms with van der Waals surface area (Å²) >= 11 is 0. The number of hydrogen-bond acceptors (Lipinski definition) is 6. The highest BCUT2D eigenvalue weighted by Gasteiger charge is 2.22. The minimum absolute atomic E-state index is 0.404. The van der Waals surface area contributed by atoms with E-state index in [0.717, 1.165) is 36.0 Å². The van der Waals surface area contributed by atoms with Crippen molar-refractivity contribution in [3.8, 4) is 17.0 Å². The van der Waals surface area contributed by atoms with Crippen molar-refractivity contribution in [2.75, 3.05) is 7.11 Å². The van der Waals surface area contributed by atoms with E-state index in [1.807, 2.05) is 12.1 Å². The van der Waals surface area contributed by atoms with Gasteiger partial charge in [0.2, 0.25) is 5.88 Å². The van der Waals surface area contributed by atoms with Crippen molar-refractivity contribution in [1.29, 1.82) is 0 Å². The molecule has 1 N–H and O–H groups in total. The summed E-state index contributed by atoms with van der Waals surface area (Å²) in [6.07, 6.45) is 5.26. The number of aryl methyl sites for hydroxylation is 1. The quantitative estimate of drug-likeness (QED) is 0.656. The van der Waals surface area contributed by atoms with E-state index in [4.69, 9.17) is 15.4 Å². The van der Waals surface area contributed by atoms with E-state index < -0.39 is 14.2 Å². The molecule has 1 aliphatic carbocycles. The van der Waals surface area contributed by atoms with Gasteiger partial charge in [0.05, 0.1) is 7.11 Å². The van der Waals surface area contributed by atoms with Crippen molar-refractivity contribution in [3.63, 3.8) is 0 Å². The zero-order valence-corrected chi connectivity index (χ0v) is 16.1. The molecule has 0 aliphatic heterocycles. The smallest absolute Gasteiger partial charge is 0.298 e. The lowest BCUT2D eigenvalue weighted by Crippen LogP contribution is -2.01. The van der Waals surface area contributed by atoms with Crippen LogP contribution in [0.1, 0.15) is 28.9 Å². The van der Waals surface area contributed by atoms with Crippen molar-refractivity contribution in [1.82, 2.24) is 20.2 Å². The molecule has 1 aromatic carbocycles. The summed E-state index contributed by atoms with van der Waals surface area (Å²) in [6.45, 7) is 0. The molecule has 4 rings (SSSR count). The van der Waals surface area contributed by atoms with Gasteiger partial charge in [-0.25, -0.2) is 18.4 Å². The molecule has 2 heterocycles. The molecule has 27 heavy (non-hydrogen) atoms. The van der Waals surface area contributed by atoms with E-state index in [9.17, 15) is 8.42 Å². The van der Waals surface area contributed by atoms with Crippen LogP contribution in [-0.4, -0.2) is 35.7 Å².